The second kappa shape index (κ2) is 5.67. The number of nitrogens with zero attached hydrogens (tertiary/aromatic N) is 2. The summed E-state index contributed by atoms with van der Waals surface area (Å²) in [5.41, 5.74) is 0. The molecule has 0 radical (unpaired) electrons. The van der Waals surface area contributed by atoms with Crippen molar-refractivity contribution >= 4 is 11.9 Å². The van der Waals surface area contributed by atoms with Crippen LogP contribution in [-0.2, 0) is 17.9 Å². The third-order valence-corrected chi connectivity index (χ3v) is 2.14. The summed E-state index contributed by atoms with van der Waals surface area (Å²) in [5, 5.41) is 4.71. The van der Waals surface area contributed by atoms with Crippen molar-refractivity contribution in [3.05, 3.63) is 42.9 Å². The second-order valence-corrected chi connectivity index (χ2v) is 3.55. The minimum atomic E-state index is -0.559. The summed E-state index contributed by atoms with van der Waals surface area (Å²) in [6.45, 7) is 0.283. The van der Waals surface area contributed by atoms with Crippen LogP contribution in [0, 0.1) is 0 Å². The van der Waals surface area contributed by atoms with Crippen LogP contribution in [0.3, 0.4) is 0 Å². The SMILES string of the molecule is O=C(Cn1ccnc1)NC(=O)NCc1ccco1. The lowest BCUT2D eigenvalue weighted by Crippen LogP contribution is -2.40. The molecule has 0 bridgehead atoms. The van der Waals surface area contributed by atoms with Crippen molar-refractivity contribution in [2.45, 2.75) is 13.1 Å². The predicted molar refractivity (Wildman–Crippen MR) is 61.3 cm³/mol. The highest BCUT2D eigenvalue weighted by Gasteiger charge is 2.08. The number of carbonyl (C=O) groups is 2. The molecule has 0 atom stereocenters. The summed E-state index contributed by atoms with van der Waals surface area (Å²) < 4.78 is 6.60. The van der Waals surface area contributed by atoms with Gasteiger partial charge in [0.05, 0.1) is 19.1 Å². The van der Waals surface area contributed by atoms with Crippen LogP contribution in [-0.4, -0.2) is 21.5 Å². The third kappa shape index (κ3) is 3.48. The van der Waals surface area contributed by atoms with E-state index in [0.717, 1.165) is 0 Å². The molecule has 94 valence electrons. The van der Waals surface area contributed by atoms with Crippen LogP contribution in [0.1, 0.15) is 5.76 Å². The molecule has 2 aromatic heterocycles. The van der Waals surface area contributed by atoms with E-state index in [4.69, 9.17) is 4.42 Å². The number of carbonyl (C=O) groups excluding carboxylic acids is 2. The predicted octanol–water partition coefficient (Wildman–Crippen LogP) is 0.502. The maximum Gasteiger partial charge on any atom is 0.321 e. The highest BCUT2D eigenvalue weighted by Crippen LogP contribution is 1.98. The highest BCUT2D eigenvalue weighted by molar-refractivity contribution is 5.94. The molecule has 3 amide bonds. The minimum absolute atomic E-state index is 0.0498. The van der Waals surface area contributed by atoms with Gasteiger partial charge in [0.15, 0.2) is 0 Å². The topological polar surface area (TPSA) is 89.2 Å². The molecule has 2 N–H and O–H groups in total. The van der Waals surface area contributed by atoms with E-state index in [0.29, 0.717) is 5.76 Å². The Balaban J connectivity index is 1.72. The summed E-state index contributed by atoms with van der Waals surface area (Å²) in [7, 11) is 0. The first-order chi connectivity index (χ1) is 8.74. The average Bonchev–Trinajstić information content (AvgIpc) is 2.98. The molecule has 2 rings (SSSR count). The molecule has 7 heteroatoms. The fraction of sp³-hybridized carbons (Fsp3) is 0.182. The van der Waals surface area contributed by atoms with Crippen LogP contribution < -0.4 is 10.6 Å². The third-order valence-electron chi connectivity index (χ3n) is 2.14. The van der Waals surface area contributed by atoms with Crippen LogP contribution in [0.25, 0.3) is 0 Å². The van der Waals surface area contributed by atoms with E-state index in [2.05, 4.69) is 15.6 Å². The van der Waals surface area contributed by atoms with Crippen molar-refractivity contribution in [3.63, 3.8) is 0 Å². The van der Waals surface area contributed by atoms with Crippen molar-refractivity contribution < 1.29 is 14.0 Å². The van der Waals surface area contributed by atoms with Crippen LogP contribution in [0.15, 0.2) is 41.5 Å². The van der Waals surface area contributed by atoms with E-state index >= 15 is 0 Å². The lowest BCUT2D eigenvalue weighted by molar-refractivity contribution is -0.120. The van der Waals surface area contributed by atoms with E-state index in [1.807, 2.05) is 0 Å². The van der Waals surface area contributed by atoms with Gasteiger partial charge in [-0.15, -0.1) is 0 Å². The molecule has 2 aromatic rings. The summed E-state index contributed by atoms with van der Waals surface area (Å²) in [6, 6.07) is 2.89. The Labute approximate surface area is 103 Å². The first-order valence-corrected chi connectivity index (χ1v) is 5.30. The van der Waals surface area contributed by atoms with E-state index in [-0.39, 0.29) is 13.1 Å². The van der Waals surface area contributed by atoms with Gasteiger partial charge < -0.3 is 14.3 Å². The summed E-state index contributed by atoms with van der Waals surface area (Å²) in [5.74, 6) is 0.206. The molecule has 0 aliphatic carbocycles. The number of hydrogen-bond acceptors (Lipinski definition) is 4. The van der Waals surface area contributed by atoms with Gasteiger partial charge in [-0.05, 0) is 12.1 Å². The molecule has 7 nitrogen and oxygen atoms in total. The Bertz CT molecular complexity index is 504. The quantitative estimate of drug-likeness (QED) is 0.824. The largest absolute Gasteiger partial charge is 0.467 e. The van der Waals surface area contributed by atoms with Gasteiger partial charge in [-0.25, -0.2) is 9.78 Å². The molecule has 0 unspecified atom stereocenters. The smallest absolute Gasteiger partial charge is 0.321 e. The second-order valence-electron chi connectivity index (χ2n) is 3.55. The van der Waals surface area contributed by atoms with Crippen LogP contribution in [0.2, 0.25) is 0 Å². The van der Waals surface area contributed by atoms with Gasteiger partial charge in [0.1, 0.15) is 12.3 Å². The van der Waals surface area contributed by atoms with Crippen molar-refractivity contribution in [3.8, 4) is 0 Å². The average molecular weight is 248 g/mol. The highest BCUT2D eigenvalue weighted by atomic mass is 16.3. The molecule has 0 aliphatic heterocycles. The van der Waals surface area contributed by atoms with Crippen molar-refractivity contribution in [1.29, 1.82) is 0 Å². The Kier molecular flexibility index (Phi) is 3.75. The number of amides is 3. The molecular weight excluding hydrogens is 236 g/mol. The van der Waals surface area contributed by atoms with Gasteiger partial charge in [-0.3, -0.25) is 10.1 Å². The van der Waals surface area contributed by atoms with E-state index in [1.54, 1.807) is 29.1 Å². The lowest BCUT2D eigenvalue weighted by atomic mass is 10.4. The molecule has 0 saturated heterocycles. The van der Waals surface area contributed by atoms with Crippen LogP contribution in [0.5, 0.6) is 0 Å². The van der Waals surface area contributed by atoms with Gasteiger partial charge in [0, 0.05) is 12.4 Å². The van der Waals surface area contributed by atoms with E-state index in [1.165, 1.54) is 12.6 Å². The molecule has 0 spiro atoms. The zero-order chi connectivity index (χ0) is 12.8. The number of imide groups is 1. The molecular formula is C11H12N4O3. The van der Waals surface area contributed by atoms with Gasteiger partial charge in [0.2, 0.25) is 5.91 Å². The molecule has 0 aliphatic rings. The van der Waals surface area contributed by atoms with Gasteiger partial charge in [0.25, 0.3) is 0 Å². The van der Waals surface area contributed by atoms with Crippen molar-refractivity contribution in [2.24, 2.45) is 0 Å². The fourth-order valence-corrected chi connectivity index (χ4v) is 1.34. The van der Waals surface area contributed by atoms with Crippen molar-refractivity contribution in [1.82, 2.24) is 20.2 Å². The Morgan fingerprint density at radius 1 is 1.44 bits per heavy atom. The Morgan fingerprint density at radius 2 is 2.33 bits per heavy atom. The Hall–Kier alpha value is -2.57. The number of nitrogens with one attached hydrogen (secondary N) is 2. The lowest BCUT2D eigenvalue weighted by Gasteiger charge is -2.05. The standard InChI is InChI=1S/C11H12N4O3/c16-10(7-15-4-3-12-8-15)14-11(17)13-6-9-2-1-5-18-9/h1-5,8H,6-7H2,(H2,13,14,16,17). The zero-order valence-corrected chi connectivity index (χ0v) is 9.50. The molecule has 0 aromatic carbocycles. The monoisotopic (exact) mass is 248 g/mol. The first kappa shape index (κ1) is 11.9. The summed E-state index contributed by atoms with van der Waals surface area (Å²) in [4.78, 5) is 26.6. The van der Waals surface area contributed by atoms with Gasteiger partial charge in [-0.2, -0.15) is 0 Å². The van der Waals surface area contributed by atoms with Crippen molar-refractivity contribution in [2.75, 3.05) is 0 Å². The first-order valence-electron chi connectivity index (χ1n) is 5.30. The number of aromatic nitrogens is 2. The number of hydrogen-bond donors (Lipinski definition) is 2. The Morgan fingerprint density at radius 3 is 3.00 bits per heavy atom. The van der Waals surface area contributed by atoms with Gasteiger partial charge >= 0.3 is 6.03 Å². The van der Waals surface area contributed by atoms with E-state index in [9.17, 15) is 9.59 Å². The number of rotatable bonds is 4. The number of imidazole rings is 1. The molecule has 0 fully saturated rings. The summed E-state index contributed by atoms with van der Waals surface area (Å²) >= 11 is 0. The zero-order valence-electron chi connectivity index (χ0n) is 9.50. The minimum Gasteiger partial charge on any atom is -0.467 e. The number of urea groups is 1. The number of furan rings is 1. The normalized spacial score (nSPS) is 10.0. The van der Waals surface area contributed by atoms with Crippen LogP contribution >= 0.6 is 0 Å². The van der Waals surface area contributed by atoms with Crippen LogP contribution in [0.4, 0.5) is 4.79 Å². The molecule has 0 saturated carbocycles. The fourth-order valence-electron chi connectivity index (χ4n) is 1.34. The molecule has 18 heavy (non-hydrogen) atoms. The van der Waals surface area contributed by atoms with Gasteiger partial charge in [-0.1, -0.05) is 0 Å². The maximum atomic E-state index is 11.4. The maximum absolute atomic E-state index is 11.4. The molecule has 2 heterocycles. The summed E-state index contributed by atoms with van der Waals surface area (Å²) in [6.07, 6.45) is 6.21. The van der Waals surface area contributed by atoms with E-state index < -0.39 is 11.9 Å².